The van der Waals surface area contributed by atoms with Gasteiger partial charge < -0.3 is 19.9 Å². The number of urea groups is 1. The molecule has 2 N–H and O–H groups in total. The minimum absolute atomic E-state index is 0.0574. The standard InChI is InChI=1S/C26H31N3O2/c1-17-8-6-7-11-20(17)25-24-21(22-16-19(31-2)12-13-23(22)28-24)14-15-29(25)26(30)27-18-9-4-3-5-10-18/h6-8,11-13,16,18,25,28H,3-5,9-10,14-15H2,1-2H3,(H,27,30)/t25-/m1/s1. The van der Waals surface area contributed by atoms with Crippen molar-refractivity contribution in [2.75, 3.05) is 13.7 Å². The van der Waals surface area contributed by atoms with Crippen LogP contribution >= 0.6 is 0 Å². The number of amides is 2. The smallest absolute Gasteiger partial charge is 0.318 e. The van der Waals surface area contributed by atoms with Gasteiger partial charge in [-0.1, -0.05) is 43.5 Å². The maximum absolute atomic E-state index is 13.5. The summed E-state index contributed by atoms with van der Waals surface area (Å²) in [5.74, 6) is 0.860. The number of ether oxygens (including phenoxy) is 1. The van der Waals surface area contributed by atoms with E-state index in [-0.39, 0.29) is 12.1 Å². The predicted molar refractivity (Wildman–Crippen MR) is 124 cm³/mol. The molecule has 1 aliphatic carbocycles. The summed E-state index contributed by atoms with van der Waals surface area (Å²) in [5.41, 5.74) is 5.90. The maximum Gasteiger partial charge on any atom is 0.318 e. The summed E-state index contributed by atoms with van der Waals surface area (Å²) in [6.07, 6.45) is 6.71. The van der Waals surface area contributed by atoms with Crippen molar-refractivity contribution in [2.24, 2.45) is 0 Å². The molecule has 2 aliphatic rings. The lowest BCUT2D eigenvalue weighted by Gasteiger charge is -2.38. The highest BCUT2D eigenvalue weighted by Gasteiger charge is 2.36. The molecule has 1 fully saturated rings. The Labute approximate surface area is 183 Å². The van der Waals surface area contributed by atoms with Crippen LogP contribution in [0.25, 0.3) is 10.9 Å². The van der Waals surface area contributed by atoms with E-state index in [2.05, 4.69) is 53.6 Å². The van der Waals surface area contributed by atoms with E-state index in [4.69, 9.17) is 4.74 Å². The minimum Gasteiger partial charge on any atom is -0.497 e. The van der Waals surface area contributed by atoms with Gasteiger partial charge in [-0.15, -0.1) is 0 Å². The van der Waals surface area contributed by atoms with Gasteiger partial charge >= 0.3 is 6.03 Å². The Bertz CT molecular complexity index is 1100. The van der Waals surface area contributed by atoms with Crippen molar-refractivity contribution in [2.45, 2.75) is 57.5 Å². The lowest BCUT2D eigenvalue weighted by Crippen LogP contribution is -2.49. The molecular weight excluding hydrogens is 386 g/mol. The number of carbonyl (C=O) groups excluding carboxylic acids is 1. The lowest BCUT2D eigenvalue weighted by atomic mass is 9.90. The highest BCUT2D eigenvalue weighted by molar-refractivity contribution is 5.87. The Hall–Kier alpha value is -2.95. The molecule has 0 radical (unpaired) electrons. The fourth-order valence-electron chi connectivity index (χ4n) is 5.33. The SMILES string of the molecule is COc1ccc2[nH]c3c(c2c1)CCN(C(=O)NC1CCCCC1)[C@@H]3c1ccccc1C. The summed E-state index contributed by atoms with van der Waals surface area (Å²) in [6, 6.07) is 14.8. The second kappa shape index (κ2) is 8.29. The van der Waals surface area contributed by atoms with Crippen LogP contribution in [0, 0.1) is 6.92 Å². The summed E-state index contributed by atoms with van der Waals surface area (Å²) in [5, 5.41) is 4.54. The lowest BCUT2D eigenvalue weighted by molar-refractivity contribution is 0.172. The minimum atomic E-state index is -0.119. The van der Waals surface area contributed by atoms with E-state index in [0.29, 0.717) is 12.6 Å². The fraction of sp³-hybridized carbons (Fsp3) is 0.423. The van der Waals surface area contributed by atoms with Crippen LogP contribution in [-0.2, 0) is 6.42 Å². The first kappa shape index (κ1) is 20.0. The molecule has 2 amide bonds. The van der Waals surface area contributed by atoms with E-state index in [1.807, 2.05) is 11.0 Å². The summed E-state index contributed by atoms with van der Waals surface area (Å²) in [6.45, 7) is 2.83. The normalized spacial score (nSPS) is 19.3. The largest absolute Gasteiger partial charge is 0.497 e. The van der Waals surface area contributed by atoms with Crippen molar-refractivity contribution in [3.8, 4) is 5.75 Å². The monoisotopic (exact) mass is 417 g/mol. The molecule has 1 saturated carbocycles. The zero-order chi connectivity index (χ0) is 21.4. The molecule has 5 rings (SSSR count). The molecule has 3 aromatic rings. The van der Waals surface area contributed by atoms with Gasteiger partial charge in [-0.2, -0.15) is 0 Å². The predicted octanol–water partition coefficient (Wildman–Crippen LogP) is 5.47. The van der Waals surface area contributed by atoms with Gasteiger partial charge in [0.25, 0.3) is 0 Å². The zero-order valence-corrected chi connectivity index (χ0v) is 18.4. The average molecular weight is 418 g/mol. The van der Waals surface area contributed by atoms with Crippen LogP contribution in [0.5, 0.6) is 5.75 Å². The van der Waals surface area contributed by atoms with E-state index in [0.717, 1.165) is 36.2 Å². The van der Waals surface area contributed by atoms with Gasteiger partial charge in [0.15, 0.2) is 0 Å². The number of benzene rings is 2. The second-order valence-corrected chi connectivity index (χ2v) is 8.92. The first-order valence-corrected chi connectivity index (χ1v) is 11.5. The molecule has 0 saturated heterocycles. The number of hydrogen-bond donors (Lipinski definition) is 2. The number of methoxy groups -OCH3 is 1. The van der Waals surface area contributed by atoms with E-state index in [1.165, 1.54) is 41.3 Å². The fourth-order valence-corrected chi connectivity index (χ4v) is 5.33. The molecule has 31 heavy (non-hydrogen) atoms. The van der Waals surface area contributed by atoms with Crippen molar-refractivity contribution < 1.29 is 9.53 Å². The number of aryl methyl sites for hydroxylation is 1. The number of hydrogen-bond acceptors (Lipinski definition) is 2. The zero-order valence-electron chi connectivity index (χ0n) is 18.4. The number of nitrogens with one attached hydrogen (secondary N) is 2. The van der Waals surface area contributed by atoms with Crippen molar-refractivity contribution in [1.82, 2.24) is 15.2 Å². The highest BCUT2D eigenvalue weighted by atomic mass is 16.5. The van der Waals surface area contributed by atoms with E-state index < -0.39 is 0 Å². The molecule has 0 spiro atoms. The maximum atomic E-state index is 13.5. The van der Waals surface area contributed by atoms with Gasteiger partial charge in [-0.3, -0.25) is 0 Å². The molecule has 0 bridgehead atoms. The summed E-state index contributed by atoms with van der Waals surface area (Å²) < 4.78 is 5.47. The average Bonchev–Trinajstić information content (AvgIpc) is 3.17. The Kier molecular flexibility index (Phi) is 5.34. The molecule has 162 valence electrons. The molecule has 5 heteroatoms. The first-order valence-electron chi connectivity index (χ1n) is 11.5. The number of carbonyl (C=O) groups is 1. The second-order valence-electron chi connectivity index (χ2n) is 8.92. The Morgan fingerprint density at radius 1 is 1.13 bits per heavy atom. The quantitative estimate of drug-likeness (QED) is 0.593. The van der Waals surface area contributed by atoms with E-state index in [9.17, 15) is 4.79 Å². The number of rotatable bonds is 3. The van der Waals surface area contributed by atoms with Crippen LogP contribution in [0.2, 0.25) is 0 Å². The molecule has 2 heterocycles. The highest BCUT2D eigenvalue weighted by Crippen LogP contribution is 2.40. The number of nitrogens with zero attached hydrogens (tertiary/aromatic N) is 1. The van der Waals surface area contributed by atoms with Gasteiger partial charge in [0.2, 0.25) is 0 Å². The van der Waals surface area contributed by atoms with Gasteiger partial charge in [-0.25, -0.2) is 4.79 Å². The molecule has 5 nitrogen and oxygen atoms in total. The summed E-state index contributed by atoms with van der Waals surface area (Å²) in [4.78, 5) is 19.2. The topological polar surface area (TPSA) is 57.4 Å². The Balaban J connectivity index is 1.57. The molecule has 1 atom stereocenters. The Morgan fingerprint density at radius 3 is 2.71 bits per heavy atom. The van der Waals surface area contributed by atoms with Crippen molar-refractivity contribution >= 4 is 16.9 Å². The van der Waals surface area contributed by atoms with Crippen molar-refractivity contribution in [3.05, 3.63) is 64.8 Å². The number of aromatic nitrogens is 1. The third-order valence-electron chi connectivity index (χ3n) is 7.01. The third-order valence-corrected chi connectivity index (χ3v) is 7.01. The van der Waals surface area contributed by atoms with E-state index in [1.54, 1.807) is 7.11 Å². The van der Waals surface area contributed by atoms with Gasteiger partial charge in [0.05, 0.1) is 13.2 Å². The Morgan fingerprint density at radius 2 is 1.94 bits per heavy atom. The number of fused-ring (bicyclic) bond motifs is 3. The van der Waals surface area contributed by atoms with Crippen LogP contribution in [0.15, 0.2) is 42.5 Å². The van der Waals surface area contributed by atoms with Crippen LogP contribution in [-0.4, -0.2) is 35.6 Å². The number of H-pyrrole nitrogens is 1. The molecule has 1 aromatic heterocycles. The number of aromatic amines is 1. The van der Waals surface area contributed by atoms with Crippen LogP contribution in [0.3, 0.4) is 0 Å². The summed E-state index contributed by atoms with van der Waals surface area (Å²) in [7, 11) is 1.70. The molecular formula is C26H31N3O2. The molecule has 1 aliphatic heterocycles. The van der Waals surface area contributed by atoms with E-state index >= 15 is 0 Å². The van der Waals surface area contributed by atoms with Gasteiger partial charge in [0, 0.05) is 29.2 Å². The first-order chi connectivity index (χ1) is 15.2. The molecule has 2 aromatic carbocycles. The van der Waals surface area contributed by atoms with Crippen molar-refractivity contribution in [1.29, 1.82) is 0 Å². The van der Waals surface area contributed by atoms with Gasteiger partial charge in [0.1, 0.15) is 5.75 Å². The van der Waals surface area contributed by atoms with Crippen LogP contribution in [0.1, 0.15) is 60.5 Å². The summed E-state index contributed by atoms with van der Waals surface area (Å²) >= 11 is 0. The molecule has 0 unspecified atom stereocenters. The van der Waals surface area contributed by atoms with Crippen molar-refractivity contribution in [3.63, 3.8) is 0 Å². The van der Waals surface area contributed by atoms with Crippen LogP contribution < -0.4 is 10.1 Å². The third kappa shape index (κ3) is 3.67. The van der Waals surface area contributed by atoms with Crippen LogP contribution in [0.4, 0.5) is 4.79 Å². The van der Waals surface area contributed by atoms with Gasteiger partial charge in [-0.05, 0) is 61.1 Å².